The number of carbonyl (C=O) groups excluding carboxylic acids is 2. The Morgan fingerprint density at radius 1 is 1.22 bits per heavy atom. The first kappa shape index (κ1) is 34.9. The maximum absolute atomic E-state index is 14.1. The summed E-state index contributed by atoms with van der Waals surface area (Å²) in [5.41, 5.74) is 0.781. The lowest BCUT2D eigenvalue weighted by atomic mass is 10.0. The molecule has 1 aromatic carbocycles. The predicted octanol–water partition coefficient (Wildman–Crippen LogP) is 2.65. The molecule has 1 aromatic rings. The molecule has 1 heterocycles. The first-order valence-corrected chi connectivity index (χ1v) is 16.3. The molecule has 0 bridgehead atoms. The van der Waals surface area contributed by atoms with Gasteiger partial charge in [-0.15, -0.1) is 0 Å². The molecule has 234 valence electrons. The molecule has 0 spiro atoms. The second-order valence-corrected chi connectivity index (χ2v) is 13.6. The van der Waals surface area contributed by atoms with Gasteiger partial charge in [0, 0.05) is 44.8 Å². The summed E-state index contributed by atoms with van der Waals surface area (Å²) < 4.78 is 37.9. The van der Waals surface area contributed by atoms with Gasteiger partial charge < -0.3 is 29.7 Å². The van der Waals surface area contributed by atoms with Crippen LogP contribution in [0.5, 0.6) is 5.75 Å². The smallest absolute Gasteiger partial charge is 0.258 e. The van der Waals surface area contributed by atoms with Crippen molar-refractivity contribution in [1.82, 2.24) is 14.1 Å². The first-order valence-electron chi connectivity index (χ1n) is 14.4. The van der Waals surface area contributed by atoms with Crippen LogP contribution < -0.4 is 10.1 Å². The van der Waals surface area contributed by atoms with Gasteiger partial charge in [0.2, 0.25) is 15.9 Å². The van der Waals surface area contributed by atoms with Crippen molar-refractivity contribution in [2.24, 2.45) is 5.92 Å². The molecule has 2 amide bonds. The lowest BCUT2D eigenvalue weighted by molar-refractivity contribution is -0.116. The average molecular weight is 599 g/mol. The highest BCUT2D eigenvalue weighted by Gasteiger charge is 2.31. The number of nitrogens with one attached hydrogen (secondary N) is 1. The topological polar surface area (TPSA) is 129 Å². The molecule has 41 heavy (non-hydrogen) atoms. The summed E-state index contributed by atoms with van der Waals surface area (Å²) in [5, 5.41) is 13.0. The molecule has 0 aliphatic carbocycles. The number of sulfonamides is 1. The molecule has 0 fully saturated rings. The molecule has 12 heteroatoms. The normalized spacial score (nSPS) is 22.1. The lowest BCUT2D eigenvalue weighted by Crippen LogP contribution is -2.47. The van der Waals surface area contributed by atoms with Crippen LogP contribution in [0.25, 0.3) is 0 Å². The van der Waals surface area contributed by atoms with E-state index >= 15 is 0 Å². The summed E-state index contributed by atoms with van der Waals surface area (Å²) in [4.78, 5) is 30.3. The minimum atomic E-state index is -3.42. The Balaban J connectivity index is 2.43. The van der Waals surface area contributed by atoms with E-state index in [1.165, 1.54) is 11.4 Å². The zero-order chi connectivity index (χ0) is 30.7. The Morgan fingerprint density at radius 3 is 2.56 bits per heavy atom. The number of carbonyl (C=O) groups is 2. The number of nitrogens with zero attached hydrogens (tertiary/aromatic N) is 3. The van der Waals surface area contributed by atoms with Gasteiger partial charge in [0.1, 0.15) is 5.75 Å². The molecule has 4 atom stereocenters. The fourth-order valence-corrected chi connectivity index (χ4v) is 5.05. The van der Waals surface area contributed by atoms with Crippen molar-refractivity contribution in [3.05, 3.63) is 23.8 Å². The van der Waals surface area contributed by atoms with Gasteiger partial charge >= 0.3 is 0 Å². The van der Waals surface area contributed by atoms with Crippen molar-refractivity contribution in [3.63, 3.8) is 0 Å². The second-order valence-electron chi connectivity index (χ2n) is 11.5. The molecule has 0 saturated carbocycles. The van der Waals surface area contributed by atoms with E-state index in [0.29, 0.717) is 36.4 Å². The van der Waals surface area contributed by atoms with Crippen molar-refractivity contribution < 1.29 is 32.6 Å². The van der Waals surface area contributed by atoms with Crippen LogP contribution in [0, 0.1) is 5.92 Å². The van der Waals surface area contributed by atoms with E-state index in [4.69, 9.17) is 9.47 Å². The number of ether oxygens (including phenoxy) is 2. The van der Waals surface area contributed by atoms with Crippen LogP contribution in [0.15, 0.2) is 18.2 Å². The van der Waals surface area contributed by atoms with Crippen molar-refractivity contribution in [3.8, 4) is 5.75 Å². The van der Waals surface area contributed by atoms with Gasteiger partial charge in [-0.3, -0.25) is 9.59 Å². The molecule has 0 aromatic heterocycles. The zero-order valence-electron chi connectivity index (χ0n) is 25.8. The molecular weight excluding hydrogens is 548 g/mol. The monoisotopic (exact) mass is 598 g/mol. The van der Waals surface area contributed by atoms with Gasteiger partial charge in [0.15, 0.2) is 0 Å². The summed E-state index contributed by atoms with van der Waals surface area (Å²) in [6, 6.07) is 4.55. The maximum Gasteiger partial charge on any atom is 0.258 e. The lowest BCUT2D eigenvalue weighted by Gasteiger charge is -2.35. The number of hydrogen-bond donors (Lipinski definition) is 2. The summed E-state index contributed by atoms with van der Waals surface area (Å²) >= 11 is 0. The van der Waals surface area contributed by atoms with Crippen molar-refractivity contribution in [2.45, 2.75) is 71.1 Å². The third-order valence-corrected chi connectivity index (χ3v) is 8.63. The van der Waals surface area contributed by atoms with E-state index in [1.54, 1.807) is 30.0 Å². The van der Waals surface area contributed by atoms with E-state index in [-0.39, 0.29) is 43.5 Å². The van der Waals surface area contributed by atoms with Crippen LogP contribution in [0.1, 0.15) is 63.2 Å². The molecule has 0 radical (unpaired) electrons. The van der Waals surface area contributed by atoms with E-state index in [0.717, 1.165) is 32.1 Å². The molecule has 2 N–H and O–H groups in total. The van der Waals surface area contributed by atoms with Crippen LogP contribution in [0.3, 0.4) is 0 Å². The number of aliphatic hydroxyl groups excluding tert-OH is 1. The van der Waals surface area contributed by atoms with Crippen LogP contribution in [-0.2, 0) is 19.6 Å². The van der Waals surface area contributed by atoms with Crippen LogP contribution in [0.2, 0.25) is 0 Å². The van der Waals surface area contributed by atoms with Crippen molar-refractivity contribution in [1.29, 1.82) is 0 Å². The summed E-state index contributed by atoms with van der Waals surface area (Å²) in [6.45, 7) is 6.97. The Bertz CT molecular complexity index is 1100. The number of anilines is 1. The van der Waals surface area contributed by atoms with E-state index in [1.807, 2.05) is 32.8 Å². The van der Waals surface area contributed by atoms with Crippen molar-refractivity contribution in [2.75, 3.05) is 65.6 Å². The standard InChI is InChI=1S/C29H50N4O7S/c1-21-18-33(22(2)20-34)29(36)25-17-24(30-28(35)12-10-15-31(4)5)13-14-26(25)40-23(3)11-8-9-16-39-27(21)19-32(6)41(7,37)38/h13-14,17,21-23,27,34H,8-12,15-16,18-20H2,1-7H3,(H,30,35)/t21-,22+,23+,27-/m0/s1. The third-order valence-electron chi connectivity index (χ3n) is 7.35. The molecule has 0 saturated heterocycles. The zero-order valence-corrected chi connectivity index (χ0v) is 26.6. The number of rotatable bonds is 10. The summed E-state index contributed by atoms with van der Waals surface area (Å²) in [5.74, 6) is -0.323. The van der Waals surface area contributed by atoms with Gasteiger partial charge in [-0.25, -0.2) is 12.7 Å². The number of amides is 2. The Hall–Kier alpha value is -2.25. The van der Waals surface area contributed by atoms with Gasteiger partial charge in [0.05, 0.1) is 36.7 Å². The van der Waals surface area contributed by atoms with Gasteiger partial charge in [-0.05, 0) is 78.4 Å². The quantitative estimate of drug-likeness (QED) is 0.421. The average Bonchev–Trinajstić information content (AvgIpc) is 2.89. The molecule has 0 unspecified atom stereocenters. The Morgan fingerprint density at radius 2 is 1.93 bits per heavy atom. The fourth-order valence-electron chi connectivity index (χ4n) is 4.63. The molecule has 1 aliphatic rings. The number of likely N-dealkylation sites (N-methyl/N-ethyl adjacent to an activating group) is 1. The highest BCUT2D eigenvalue weighted by Crippen LogP contribution is 2.28. The SMILES string of the molecule is C[C@@H]1CCCCO[C@@H](CN(C)S(C)(=O)=O)[C@@H](C)CN([C@H](C)CO)C(=O)c2cc(NC(=O)CCCN(C)C)ccc2O1. The number of fused-ring (bicyclic) bond motifs is 1. The fraction of sp³-hybridized carbons (Fsp3) is 0.724. The summed E-state index contributed by atoms with van der Waals surface area (Å²) in [7, 11) is 2.00. The van der Waals surface area contributed by atoms with E-state index < -0.39 is 22.2 Å². The van der Waals surface area contributed by atoms with Gasteiger partial charge in [0.25, 0.3) is 5.91 Å². The Kier molecular flexibility index (Phi) is 14.0. The van der Waals surface area contributed by atoms with Crippen LogP contribution in [0.4, 0.5) is 5.69 Å². The third kappa shape index (κ3) is 11.5. The second kappa shape index (κ2) is 16.4. The van der Waals surface area contributed by atoms with Crippen LogP contribution >= 0.6 is 0 Å². The highest BCUT2D eigenvalue weighted by atomic mass is 32.2. The molecule has 2 rings (SSSR count). The van der Waals surface area contributed by atoms with Crippen molar-refractivity contribution >= 4 is 27.5 Å². The minimum absolute atomic E-state index is 0.140. The number of hydrogen-bond acceptors (Lipinski definition) is 8. The van der Waals surface area contributed by atoms with Gasteiger partial charge in [-0.1, -0.05) is 6.92 Å². The Labute approximate surface area is 246 Å². The summed E-state index contributed by atoms with van der Waals surface area (Å²) in [6.07, 6.45) is 3.93. The minimum Gasteiger partial charge on any atom is -0.490 e. The largest absolute Gasteiger partial charge is 0.490 e. The molecule has 1 aliphatic heterocycles. The highest BCUT2D eigenvalue weighted by molar-refractivity contribution is 7.88. The van der Waals surface area contributed by atoms with Crippen LogP contribution in [-0.4, -0.2) is 118 Å². The first-order chi connectivity index (χ1) is 19.2. The maximum atomic E-state index is 14.1. The molecule has 11 nitrogen and oxygen atoms in total. The molecular formula is C29H50N4O7S. The predicted molar refractivity (Wildman–Crippen MR) is 161 cm³/mol. The van der Waals surface area contributed by atoms with E-state index in [9.17, 15) is 23.1 Å². The number of aliphatic hydroxyl groups is 1. The van der Waals surface area contributed by atoms with E-state index in [2.05, 4.69) is 5.32 Å². The number of benzene rings is 1. The van der Waals surface area contributed by atoms with Gasteiger partial charge in [-0.2, -0.15) is 0 Å².